The van der Waals surface area contributed by atoms with Gasteiger partial charge >= 0.3 is 0 Å². The normalized spacial score (nSPS) is 19.2. The van der Waals surface area contributed by atoms with E-state index in [1.54, 1.807) is 0 Å². The maximum atomic E-state index is 12.2. The van der Waals surface area contributed by atoms with Gasteiger partial charge in [0.05, 0.1) is 16.4 Å². The number of nitrogens with one attached hydrogen (secondary N) is 1. The third-order valence-corrected chi connectivity index (χ3v) is 4.24. The molecule has 1 amide bonds. The van der Waals surface area contributed by atoms with Gasteiger partial charge in [0, 0.05) is 19.0 Å². The van der Waals surface area contributed by atoms with Gasteiger partial charge in [0.15, 0.2) is 0 Å². The number of piperidine rings is 1. The molecule has 2 N–H and O–H groups in total. The first-order valence-corrected chi connectivity index (χ1v) is 7.69. The topological polar surface area (TPSA) is 52.6 Å². The lowest BCUT2D eigenvalue weighted by Gasteiger charge is -2.30. The van der Waals surface area contributed by atoms with E-state index < -0.39 is 0 Å². The van der Waals surface area contributed by atoms with Crippen molar-refractivity contribution < 1.29 is 9.90 Å². The van der Waals surface area contributed by atoms with Crippen molar-refractivity contribution in [2.75, 3.05) is 26.7 Å². The molecule has 1 unspecified atom stereocenters. The molecule has 2 rings (SSSR count). The van der Waals surface area contributed by atoms with Crippen LogP contribution in [0.25, 0.3) is 0 Å². The number of rotatable bonds is 3. The van der Waals surface area contributed by atoms with E-state index in [2.05, 4.69) is 29.1 Å². The van der Waals surface area contributed by atoms with Crippen molar-refractivity contribution in [2.45, 2.75) is 25.3 Å². The number of hydrogen-bond donors (Lipinski definition) is 2. The summed E-state index contributed by atoms with van der Waals surface area (Å²) in [5.41, 5.74) is 0. The molecule has 1 aromatic rings. The molecule has 1 atom stereocenters. The van der Waals surface area contributed by atoms with Gasteiger partial charge in [-0.2, -0.15) is 0 Å². The van der Waals surface area contributed by atoms with E-state index in [9.17, 15) is 4.79 Å². The molecule has 1 aliphatic rings. The van der Waals surface area contributed by atoms with Gasteiger partial charge in [0.2, 0.25) is 0 Å². The number of likely N-dealkylation sites (tertiary alicyclic amines) is 1. The van der Waals surface area contributed by atoms with Crippen LogP contribution in [-0.4, -0.2) is 48.7 Å². The van der Waals surface area contributed by atoms with E-state index in [0.29, 0.717) is 11.3 Å². The average Bonchev–Trinajstić information content (AvgIpc) is 2.88. The summed E-state index contributed by atoms with van der Waals surface area (Å²) in [5.74, 6) is 5.81. The molecule has 108 valence electrons. The summed E-state index contributed by atoms with van der Waals surface area (Å²) in [6.45, 7) is 2.09. The first kappa shape index (κ1) is 15.0. The van der Waals surface area contributed by atoms with Crippen molar-refractivity contribution >= 4 is 17.2 Å². The Labute approximate surface area is 123 Å². The zero-order valence-corrected chi connectivity index (χ0v) is 12.5. The van der Waals surface area contributed by atoms with E-state index in [0.717, 1.165) is 30.8 Å². The van der Waals surface area contributed by atoms with Crippen LogP contribution in [0.3, 0.4) is 0 Å². The molecule has 2 heterocycles. The summed E-state index contributed by atoms with van der Waals surface area (Å²) >= 11 is 1.40. The predicted molar refractivity (Wildman–Crippen MR) is 80.9 cm³/mol. The molecule has 20 heavy (non-hydrogen) atoms. The summed E-state index contributed by atoms with van der Waals surface area (Å²) in [4.78, 5) is 16.0. The number of carbonyl (C=O) groups excluding carboxylic acids is 1. The smallest absolute Gasteiger partial charge is 0.261 e. The van der Waals surface area contributed by atoms with E-state index in [4.69, 9.17) is 5.11 Å². The Morgan fingerprint density at radius 3 is 3.20 bits per heavy atom. The summed E-state index contributed by atoms with van der Waals surface area (Å²) in [5, 5.41) is 11.8. The van der Waals surface area contributed by atoms with Gasteiger partial charge in [-0.15, -0.1) is 11.3 Å². The largest absolute Gasteiger partial charge is 0.395 e. The minimum absolute atomic E-state index is 0.00879. The number of carbonyl (C=O) groups is 1. The van der Waals surface area contributed by atoms with Gasteiger partial charge in [-0.05, 0) is 38.6 Å². The molecule has 0 spiro atoms. The Morgan fingerprint density at radius 1 is 1.60 bits per heavy atom. The van der Waals surface area contributed by atoms with Gasteiger partial charge < -0.3 is 15.3 Å². The highest BCUT2D eigenvalue weighted by Crippen LogP contribution is 2.16. The molecular formula is C15H20N2O2S. The summed E-state index contributed by atoms with van der Waals surface area (Å²) in [6, 6.07) is 3.92. The third kappa shape index (κ3) is 4.34. The molecule has 5 heteroatoms. The standard InChI is InChI=1S/C15H20N2O2S/c1-17-9-4-5-12(11-17)16-15(19)14-8-7-13(20-14)6-2-3-10-18/h7-8,12,18H,3-5,9-11H2,1H3,(H,16,19). The van der Waals surface area contributed by atoms with Crippen molar-refractivity contribution in [2.24, 2.45) is 0 Å². The fourth-order valence-corrected chi connectivity index (χ4v) is 3.06. The minimum atomic E-state index is -0.00879. The first-order valence-electron chi connectivity index (χ1n) is 6.88. The van der Waals surface area contributed by atoms with Gasteiger partial charge in [-0.25, -0.2) is 0 Å². The Balaban J connectivity index is 1.91. The summed E-state index contributed by atoms with van der Waals surface area (Å²) < 4.78 is 0. The maximum absolute atomic E-state index is 12.2. The Morgan fingerprint density at radius 2 is 2.45 bits per heavy atom. The van der Waals surface area contributed by atoms with Crippen molar-refractivity contribution in [3.63, 3.8) is 0 Å². The van der Waals surface area contributed by atoms with Gasteiger partial charge in [0.1, 0.15) is 0 Å². The van der Waals surface area contributed by atoms with Crippen LogP contribution < -0.4 is 5.32 Å². The number of amides is 1. The van der Waals surface area contributed by atoms with Crippen LogP contribution in [0.1, 0.15) is 33.8 Å². The number of likely N-dealkylation sites (N-methyl/N-ethyl adjacent to an activating group) is 1. The molecule has 0 aliphatic carbocycles. The second-order valence-corrected chi connectivity index (χ2v) is 6.10. The molecule has 1 aromatic heterocycles. The molecule has 0 saturated carbocycles. The second kappa shape index (κ2) is 7.44. The number of aliphatic hydroxyl groups excluding tert-OH is 1. The van der Waals surface area contributed by atoms with E-state index in [-0.39, 0.29) is 18.6 Å². The lowest BCUT2D eigenvalue weighted by atomic mass is 10.1. The number of aliphatic hydroxyl groups is 1. The van der Waals surface area contributed by atoms with Crippen molar-refractivity contribution in [3.05, 3.63) is 21.9 Å². The minimum Gasteiger partial charge on any atom is -0.395 e. The highest BCUT2D eigenvalue weighted by atomic mass is 32.1. The predicted octanol–water partition coefficient (Wildman–Crippen LogP) is 1.31. The van der Waals surface area contributed by atoms with Gasteiger partial charge in [-0.3, -0.25) is 4.79 Å². The van der Waals surface area contributed by atoms with Crippen LogP contribution in [0, 0.1) is 11.8 Å². The van der Waals surface area contributed by atoms with E-state index in [1.807, 2.05) is 12.1 Å². The lowest BCUT2D eigenvalue weighted by Crippen LogP contribution is -2.46. The highest BCUT2D eigenvalue weighted by molar-refractivity contribution is 7.14. The molecule has 0 aromatic carbocycles. The number of thiophene rings is 1. The molecule has 1 fully saturated rings. The van der Waals surface area contributed by atoms with Crippen molar-refractivity contribution in [1.82, 2.24) is 10.2 Å². The monoisotopic (exact) mass is 292 g/mol. The van der Waals surface area contributed by atoms with Crippen LogP contribution >= 0.6 is 11.3 Å². The number of hydrogen-bond acceptors (Lipinski definition) is 4. The van der Waals surface area contributed by atoms with Crippen molar-refractivity contribution in [1.29, 1.82) is 0 Å². The average molecular weight is 292 g/mol. The second-order valence-electron chi connectivity index (χ2n) is 5.01. The Hall–Kier alpha value is -1.35. The first-order chi connectivity index (χ1) is 9.69. The van der Waals surface area contributed by atoms with Crippen molar-refractivity contribution in [3.8, 4) is 11.8 Å². The number of nitrogens with zero attached hydrogens (tertiary/aromatic N) is 1. The molecule has 0 bridgehead atoms. The third-order valence-electron chi connectivity index (χ3n) is 3.24. The fraction of sp³-hybridized carbons (Fsp3) is 0.533. The Bertz CT molecular complexity index is 515. The van der Waals surface area contributed by atoms with Crippen LogP contribution in [0.15, 0.2) is 12.1 Å². The van der Waals surface area contributed by atoms with E-state index >= 15 is 0 Å². The van der Waals surface area contributed by atoms with Gasteiger partial charge in [0.25, 0.3) is 5.91 Å². The summed E-state index contributed by atoms with van der Waals surface area (Å²) in [6.07, 6.45) is 2.64. The van der Waals surface area contributed by atoms with Crippen LogP contribution in [0.4, 0.5) is 0 Å². The van der Waals surface area contributed by atoms with Crippen LogP contribution in [0.5, 0.6) is 0 Å². The molecule has 1 aliphatic heterocycles. The van der Waals surface area contributed by atoms with Crippen LogP contribution in [0.2, 0.25) is 0 Å². The molecular weight excluding hydrogens is 272 g/mol. The Kier molecular flexibility index (Phi) is 5.60. The van der Waals surface area contributed by atoms with Crippen LogP contribution in [-0.2, 0) is 0 Å². The fourth-order valence-electron chi connectivity index (χ4n) is 2.27. The maximum Gasteiger partial charge on any atom is 0.261 e. The molecule has 4 nitrogen and oxygen atoms in total. The summed E-state index contributed by atoms with van der Waals surface area (Å²) in [7, 11) is 2.08. The molecule has 1 saturated heterocycles. The highest BCUT2D eigenvalue weighted by Gasteiger charge is 2.20. The zero-order valence-electron chi connectivity index (χ0n) is 11.7. The van der Waals surface area contributed by atoms with Gasteiger partial charge in [-0.1, -0.05) is 11.8 Å². The van der Waals surface area contributed by atoms with E-state index in [1.165, 1.54) is 11.3 Å². The zero-order chi connectivity index (χ0) is 14.4. The quantitative estimate of drug-likeness (QED) is 0.826. The lowest BCUT2D eigenvalue weighted by molar-refractivity contribution is 0.0916. The molecule has 0 radical (unpaired) electrons. The SMILES string of the molecule is CN1CCCC(NC(=O)c2ccc(C#CCCO)s2)C1.